The summed E-state index contributed by atoms with van der Waals surface area (Å²) in [6, 6.07) is 14.0. The molecule has 0 bridgehead atoms. The molecule has 1 aromatic heterocycles. The van der Waals surface area contributed by atoms with Crippen LogP contribution in [-0.2, 0) is 22.7 Å². The number of halogens is 1. The number of hydrogen-bond acceptors (Lipinski definition) is 7. The third kappa shape index (κ3) is 5.12. The van der Waals surface area contributed by atoms with Crippen molar-refractivity contribution >= 4 is 28.5 Å². The van der Waals surface area contributed by atoms with Crippen LogP contribution in [0.25, 0.3) is 22.3 Å². The Hall–Kier alpha value is -3.81. The second kappa shape index (κ2) is 10.5. The van der Waals surface area contributed by atoms with Gasteiger partial charge in [-0.1, -0.05) is 11.6 Å². The van der Waals surface area contributed by atoms with Crippen LogP contribution in [0.2, 0.25) is 5.02 Å². The molecule has 196 valence electrons. The van der Waals surface area contributed by atoms with Gasteiger partial charge in [0.15, 0.2) is 12.6 Å². The third-order valence-electron chi connectivity index (χ3n) is 6.31. The molecule has 1 aliphatic rings. The largest absolute Gasteiger partial charge is 0.481 e. The van der Waals surface area contributed by atoms with Gasteiger partial charge in [0, 0.05) is 21.7 Å². The van der Waals surface area contributed by atoms with Gasteiger partial charge in [-0.25, -0.2) is 4.79 Å². The van der Waals surface area contributed by atoms with Gasteiger partial charge in [-0.15, -0.1) is 0 Å². The van der Waals surface area contributed by atoms with Crippen molar-refractivity contribution in [2.75, 3.05) is 6.79 Å². The van der Waals surface area contributed by atoms with Crippen LogP contribution in [0.4, 0.5) is 0 Å². The van der Waals surface area contributed by atoms with E-state index in [1.165, 1.54) is 0 Å². The van der Waals surface area contributed by atoms with E-state index in [0.717, 1.165) is 11.1 Å². The SMILES string of the molecule is Cc1cc2oc(-c3ccc(Cl)cc3)c(OCc3cc(C(=O)OC(C)C)cc4c3OCOC4)c(=O)c2cc1C. The van der Waals surface area contributed by atoms with E-state index in [2.05, 4.69) is 0 Å². The number of hydrogen-bond donors (Lipinski definition) is 0. The number of carbonyl (C=O) groups is 1. The minimum Gasteiger partial charge on any atom is -0.481 e. The minimum absolute atomic E-state index is 0.0488. The Morgan fingerprint density at radius 1 is 1.05 bits per heavy atom. The van der Waals surface area contributed by atoms with Gasteiger partial charge >= 0.3 is 5.97 Å². The lowest BCUT2D eigenvalue weighted by Crippen LogP contribution is -2.18. The Kier molecular flexibility index (Phi) is 7.15. The Balaban J connectivity index is 1.61. The van der Waals surface area contributed by atoms with Crippen LogP contribution >= 0.6 is 11.6 Å². The lowest BCUT2D eigenvalue weighted by Gasteiger charge is -2.22. The molecule has 0 fully saturated rings. The van der Waals surface area contributed by atoms with E-state index in [1.54, 1.807) is 56.3 Å². The Labute approximate surface area is 224 Å². The van der Waals surface area contributed by atoms with E-state index < -0.39 is 5.97 Å². The average Bonchev–Trinajstić information content (AvgIpc) is 2.89. The van der Waals surface area contributed by atoms with Gasteiger partial charge in [0.25, 0.3) is 0 Å². The summed E-state index contributed by atoms with van der Waals surface area (Å²) < 4.78 is 29.0. The topological polar surface area (TPSA) is 84.2 Å². The summed E-state index contributed by atoms with van der Waals surface area (Å²) in [5, 5.41) is 0.976. The second-order valence-electron chi connectivity index (χ2n) is 9.51. The first-order chi connectivity index (χ1) is 18.2. The highest BCUT2D eigenvalue weighted by atomic mass is 35.5. The summed E-state index contributed by atoms with van der Waals surface area (Å²) in [4.78, 5) is 26.4. The summed E-state index contributed by atoms with van der Waals surface area (Å²) in [6.45, 7) is 7.77. The first kappa shape index (κ1) is 25.8. The zero-order chi connectivity index (χ0) is 27.0. The minimum atomic E-state index is -0.465. The molecular formula is C30H27ClO7. The van der Waals surface area contributed by atoms with E-state index in [0.29, 0.717) is 44.0 Å². The van der Waals surface area contributed by atoms with Crippen molar-refractivity contribution in [2.24, 2.45) is 0 Å². The zero-order valence-electron chi connectivity index (χ0n) is 21.6. The molecule has 0 amide bonds. The smallest absolute Gasteiger partial charge is 0.338 e. The maximum Gasteiger partial charge on any atom is 0.338 e. The van der Waals surface area contributed by atoms with Crippen LogP contribution in [0.1, 0.15) is 46.5 Å². The molecule has 0 atom stereocenters. The van der Waals surface area contributed by atoms with Gasteiger partial charge in [0.1, 0.15) is 17.9 Å². The molecule has 5 rings (SSSR count). The van der Waals surface area contributed by atoms with Crippen molar-refractivity contribution in [3.05, 3.63) is 91.6 Å². The molecule has 0 saturated heterocycles. The highest BCUT2D eigenvalue weighted by Crippen LogP contribution is 2.35. The standard InChI is InChI=1S/C30H27ClO7/c1-16(2)37-30(33)20-11-21-13-34-15-36-27(21)22(12-20)14-35-29-26(32)24-9-17(3)18(4)10-25(24)38-28(29)19-5-7-23(31)8-6-19/h5-12,16H,13-15H2,1-4H3. The van der Waals surface area contributed by atoms with Gasteiger partial charge in [-0.3, -0.25) is 4.79 Å². The van der Waals surface area contributed by atoms with E-state index in [9.17, 15) is 9.59 Å². The summed E-state index contributed by atoms with van der Waals surface area (Å²) in [7, 11) is 0. The lowest BCUT2D eigenvalue weighted by atomic mass is 10.0. The van der Waals surface area contributed by atoms with Crippen molar-refractivity contribution in [2.45, 2.75) is 47.0 Å². The number of carbonyl (C=O) groups excluding carboxylic acids is 1. The molecule has 0 radical (unpaired) electrons. The van der Waals surface area contributed by atoms with E-state index in [4.69, 9.17) is 35.0 Å². The first-order valence-electron chi connectivity index (χ1n) is 12.3. The quantitative estimate of drug-likeness (QED) is 0.253. The molecule has 0 N–H and O–H groups in total. The molecule has 0 aliphatic carbocycles. The van der Waals surface area contributed by atoms with Gasteiger partial charge in [-0.05, 0) is 87.4 Å². The maximum atomic E-state index is 13.7. The van der Waals surface area contributed by atoms with E-state index in [-0.39, 0.29) is 43.0 Å². The molecule has 1 aliphatic heterocycles. The van der Waals surface area contributed by atoms with Gasteiger partial charge in [0.05, 0.1) is 23.7 Å². The van der Waals surface area contributed by atoms with Crippen molar-refractivity contribution in [1.29, 1.82) is 0 Å². The molecule has 8 heteroatoms. The van der Waals surface area contributed by atoms with Crippen LogP contribution in [-0.4, -0.2) is 18.9 Å². The van der Waals surface area contributed by atoms with Crippen LogP contribution in [0.3, 0.4) is 0 Å². The van der Waals surface area contributed by atoms with Gasteiger partial charge in [0.2, 0.25) is 11.2 Å². The average molecular weight is 535 g/mol. The van der Waals surface area contributed by atoms with Crippen LogP contribution in [0.15, 0.2) is 57.7 Å². The van der Waals surface area contributed by atoms with Crippen molar-refractivity contribution in [1.82, 2.24) is 0 Å². The number of ether oxygens (including phenoxy) is 4. The summed E-state index contributed by atoms with van der Waals surface area (Å²) in [5.41, 5.74) is 4.41. The normalized spacial score (nSPS) is 12.8. The van der Waals surface area contributed by atoms with E-state index in [1.807, 2.05) is 19.9 Å². The highest BCUT2D eigenvalue weighted by molar-refractivity contribution is 6.30. The third-order valence-corrected chi connectivity index (χ3v) is 6.56. The highest BCUT2D eigenvalue weighted by Gasteiger charge is 2.23. The number of fused-ring (bicyclic) bond motifs is 2. The van der Waals surface area contributed by atoms with Crippen molar-refractivity contribution in [3.8, 4) is 22.8 Å². The van der Waals surface area contributed by atoms with Crippen molar-refractivity contribution in [3.63, 3.8) is 0 Å². The van der Waals surface area contributed by atoms with Crippen LogP contribution < -0.4 is 14.9 Å². The maximum absolute atomic E-state index is 13.7. The summed E-state index contributed by atoms with van der Waals surface area (Å²) in [6.07, 6.45) is -0.276. The van der Waals surface area contributed by atoms with E-state index >= 15 is 0 Å². The van der Waals surface area contributed by atoms with Crippen molar-refractivity contribution < 1.29 is 28.2 Å². The summed E-state index contributed by atoms with van der Waals surface area (Å²) in [5.74, 6) is 0.435. The first-order valence-corrected chi connectivity index (χ1v) is 12.6. The Morgan fingerprint density at radius 2 is 1.79 bits per heavy atom. The fraction of sp³-hybridized carbons (Fsp3) is 0.267. The lowest BCUT2D eigenvalue weighted by molar-refractivity contribution is -0.0176. The molecule has 4 aromatic rings. The predicted octanol–water partition coefficient (Wildman–Crippen LogP) is 6.74. The number of benzene rings is 3. The summed E-state index contributed by atoms with van der Waals surface area (Å²) >= 11 is 6.10. The van der Waals surface area contributed by atoms with Gasteiger partial charge < -0.3 is 23.4 Å². The number of rotatable bonds is 6. The monoisotopic (exact) mass is 534 g/mol. The van der Waals surface area contributed by atoms with Crippen LogP contribution in [0, 0.1) is 13.8 Å². The molecule has 0 unspecified atom stereocenters. The molecule has 38 heavy (non-hydrogen) atoms. The molecule has 2 heterocycles. The number of aryl methyl sites for hydroxylation is 2. The molecule has 3 aromatic carbocycles. The van der Waals surface area contributed by atoms with Gasteiger partial charge in [-0.2, -0.15) is 0 Å². The fourth-order valence-electron chi connectivity index (χ4n) is 4.31. The zero-order valence-corrected chi connectivity index (χ0v) is 22.3. The Bertz CT molecular complexity index is 1590. The molecular weight excluding hydrogens is 508 g/mol. The Morgan fingerprint density at radius 3 is 2.53 bits per heavy atom. The molecule has 0 saturated carbocycles. The predicted molar refractivity (Wildman–Crippen MR) is 144 cm³/mol. The second-order valence-corrected chi connectivity index (χ2v) is 9.94. The molecule has 0 spiro atoms. The number of esters is 1. The van der Waals surface area contributed by atoms with Crippen LogP contribution in [0.5, 0.6) is 11.5 Å². The fourth-order valence-corrected chi connectivity index (χ4v) is 4.44. The molecule has 7 nitrogen and oxygen atoms in total.